The third-order valence-electron chi connectivity index (χ3n) is 4.04. The first-order chi connectivity index (χ1) is 6.62. The monoisotopic (exact) mass is 196 g/mol. The minimum atomic E-state index is -0.0358. The molecule has 2 unspecified atom stereocenters. The van der Waals surface area contributed by atoms with Crippen molar-refractivity contribution in [1.29, 1.82) is 0 Å². The van der Waals surface area contributed by atoms with Crippen LogP contribution in [0.5, 0.6) is 0 Å². The second kappa shape index (κ2) is 4.95. The lowest BCUT2D eigenvalue weighted by Gasteiger charge is -2.32. The summed E-state index contributed by atoms with van der Waals surface area (Å²) in [5.74, 6) is 1.35. The Hall–Kier alpha value is -0.330. The zero-order chi connectivity index (χ0) is 10.6. The van der Waals surface area contributed by atoms with Gasteiger partial charge in [-0.05, 0) is 31.1 Å². The Kier molecular flexibility index (Phi) is 4.15. The van der Waals surface area contributed by atoms with Gasteiger partial charge in [0.15, 0.2) is 0 Å². The number of hydrogen-bond donors (Lipinski definition) is 0. The Labute approximate surface area is 88.3 Å². The van der Waals surface area contributed by atoms with Gasteiger partial charge in [-0.25, -0.2) is 0 Å². The highest BCUT2D eigenvalue weighted by atomic mass is 16.1. The van der Waals surface area contributed by atoms with Gasteiger partial charge < -0.3 is 4.79 Å². The van der Waals surface area contributed by atoms with Crippen LogP contribution in [0.25, 0.3) is 0 Å². The highest BCUT2D eigenvalue weighted by Gasteiger charge is 2.36. The molecule has 14 heavy (non-hydrogen) atoms. The molecule has 1 fully saturated rings. The minimum Gasteiger partial charge on any atom is -0.303 e. The summed E-state index contributed by atoms with van der Waals surface area (Å²) in [6, 6.07) is 0. The lowest BCUT2D eigenvalue weighted by atomic mass is 9.71. The molecular formula is C13H24O. The molecule has 0 spiro atoms. The van der Waals surface area contributed by atoms with Crippen molar-refractivity contribution in [2.24, 2.45) is 17.3 Å². The van der Waals surface area contributed by atoms with E-state index in [2.05, 4.69) is 20.8 Å². The van der Waals surface area contributed by atoms with E-state index < -0.39 is 0 Å². The van der Waals surface area contributed by atoms with E-state index in [4.69, 9.17) is 0 Å². The Morgan fingerprint density at radius 3 is 2.43 bits per heavy atom. The summed E-state index contributed by atoms with van der Waals surface area (Å²) in [7, 11) is 0. The van der Waals surface area contributed by atoms with E-state index in [1.807, 2.05) is 0 Å². The normalized spacial score (nSPS) is 24.5. The molecule has 0 saturated heterocycles. The lowest BCUT2D eigenvalue weighted by molar-refractivity contribution is -0.119. The fourth-order valence-electron chi connectivity index (χ4n) is 2.79. The summed E-state index contributed by atoms with van der Waals surface area (Å²) >= 11 is 0. The second-order valence-corrected chi connectivity index (χ2v) is 5.32. The molecule has 1 heteroatoms. The van der Waals surface area contributed by atoms with Gasteiger partial charge in [-0.2, -0.15) is 0 Å². The number of aldehydes is 1. The van der Waals surface area contributed by atoms with Crippen molar-refractivity contribution >= 4 is 6.29 Å². The largest absolute Gasteiger partial charge is 0.303 e. The van der Waals surface area contributed by atoms with Crippen molar-refractivity contribution < 1.29 is 4.79 Å². The third kappa shape index (κ3) is 2.59. The molecule has 0 radical (unpaired) electrons. The van der Waals surface area contributed by atoms with E-state index in [1.165, 1.54) is 38.4 Å². The van der Waals surface area contributed by atoms with Gasteiger partial charge in [-0.1, -0.05) is 40.0 Å². The summed E-state index contributed by atoms with van der Waals surface area (Å²) in [6.45, 7) is 6.64. The number of carbonyl (C=O) groups excluding carboxylic acids is 1. The van der Waals surface area contributed by atoms with E-state index in [0.29, 0.717) is 11.8 Å². The van der Waals surface area contributed by atoms with Crippen LogP contribution in [0.2, 0.25) is 0 Å². The van der Waals surface area contributed by atoms with E-state index in [9.17, 15) is 4.79 Å². The van der Waals surface area contributed by atoms with Gasteiger partial charge in [0.05, 0.1) is 0 Å². The average molecular weight is 196 g/mol. The van der Waals surface area contributed by atoms with Gasteiger partial charge in [0.25, 0.3) is 0 Å². The molecule has 0 N–H and O–H groups in total. The van der Waals surface area contributed by atoms with Crippen molar-refractivity contribution in [3.63, 3.8) is 0 Å². The van der Waals surface area contributed by atoms with Gasteiger partial charge in [0.1, 0.15) is 6.29 Å². The van der Waals surface area contributed by atoms with Crippen molar-refractivity contribution in [2.75, 3.05) is 0 Å². The van der Waals surface area contributed by atoms with Crippen molar-refractivity contribution in [3.05, 3.63) is 0 Å². The summed E-state index contributed by atoms with van der Waals surface area (Å²) in [5.41, 5.74) is -0.0358. The Bertz CT molecular complexity index is 182. The molecule has 0 amide bonds. The summed E-state index contributed by atoms with van der Waals surface area (Å²) < 4.78 is 0. The summed E-state index contributed by atoms with van der Waals surface area (Å²) in [6.07, 6.45) is 8.70. The number of hydrogen-bond acceptors (Lipinski definition) is 1. The molecule has 2 atom stereocenters. The van der Waals surface area contributed by atoms with Crippen LogP contribution in [0, 0.1) is 17.3 Å². The first-order valence-electron chi connectivity index (χ1n) is 6.08. The number of rotatable bonds is 5. The van der Waals surface area contributed by atoms with E-state index >= 15 is 0 Å². The highest BCUT2D eigenvalue weighted by Crippen LogP contribution is 2.42. The van der Waals surface area contributed by atoms with Gasteiger partial charge in [0, 0.05) is 5.41 Å². The zero-order valence-corrected chi connectivity index (χ0v) is 9.88. The van der Waals surface area contributed by atoms with E-state index in [-0.39, 0.29) is 5.41 Å². The molecule has 1 saturated carbocycles. The molecule has 1 rings (SSSR count). The van der Waals surface area contributed by atoms with E-state index in [0.717, 1.165) is 6.42 Å². The average Bonchev–Trinajstić information content (AvgIpc) is 2.70. The van der Waals surface area contributed by atoms with Crippen molar-refractivity contribution in [3.8, 4) is 0 Å². The lowest BCUT2D eigenvalue weighted by Crippen LogP contribution is -2.29. The van der Waals surface area contributed by atoms with Gasteiger partial charge in [-0.15, -0.1) is 0 Å². The van der Waals surface area contributed by atoms with Crippen LogP contribution in [0.1, 0.15) is 59.3 Å². The molecule has 0 aliphatic heterocycles. The summed E-state index contributed by atoms with van der Waals surface area (Å²) in [5, 5.41) is 0. The Morgan fingerprint density at radius 2 is 2.00 bits per heavy atom. The van der Waals surface area contributed by atoms with Crippen LogP contribution in [-0.2, 0) is 4.79 Å². The van der Waals surface area contributed by atoms with Crippen LogP contribution in [0.4, 0.5) is 0 Å². The fourth-order valence-corrected chi connectivity index (χ4v) is 2.79. The molecular weight excluding hydrogens is 172 g/mol. The first kappa shape index (κ1) is 11.7. The molecule has 0 aromatic rings. The van der Waals surface area contributed by atoms with Crippen molar-refractivity contribution in [1.82, 2.24) is 0 Å². The number of carbonyl (C=O) groups is 1. The van der Waals surface area contributed by atoms with Gasteiger partial charge in [-0.3, -0.25) is 0 Å². The molecule has 1 nitrogen and oxygen atoms in total. The van der Waals surface area contributed by atoms with Crippen LogP contribution < -0.4 is 0 Å². The predicted molar refractivity (Wildman–Crippen MR) is 60.2 cm³/mol. The minimum absolute atomic E-state index is 0.0358. The zero-order valence-electron chi connectivity index (χ0n) is 9.88. The Balaban J connectivity index is 2.59. The van der Waals surface area contributed by atoms with Gasteiger partial charge in [0.2, 0.25) is 0 Å². The maximum Gasteiger partial charge on any atom is 0.126 e. The van der Waals surface area contributed by atoms with Crippen LogP contribution in [0.15, 0.2) is 0 Å². The highest BCUT2D eigenvalue weighted by molar-refractivity contribution is 5.59. The van der Waals surface area contributed by atoms with Crippen LogP contribution in [-0.4, -0.2) is 6.29 Å². The molecule has 0 aromatic heterocycles. The van der Waals surface area contributed by atoms with E-state index in [1.54, 1.807) is 0 Å². The topological polar surface area (TPSA) is 17.1 Å². The van der Waals surface area contributed by atoms with Crippen LogP contribution in [0.3, 0.4) is 0 Å². The predicted octanol–water partition coefficient (Wildman–Crippen LogP) is 3.82. The molecule has 0 aromatic carbocycles. The molecule has 0 heterocycles. The molecule has 1 aliphatic carbocycles. The third-order valence-corrected chi connectivity index (χ3v) is 4.04. The molecule has 0 bridgehead atoms. The first-order valence-corrected chi connectivity index (χ1v) is 6.08. The Morgan fingerprint density at radius 1 is 1.43 bits per heavy atom. The fraction of sp³-hybridized carbons (Fsp3) is 0.923. The standard InChI is InChI=1S/C13H24O/c1-4-11(2)9-13(3,10-14)12-7-5-6-8-12/h10-12H,4-9H2,1-3H3. The van der Waals surface area contributed by atoms with Gasteiger partial charge >= 0.3 is 0 Å². The maximum absolute atomic E-state index is 11.3. The molecule has 1 aliphatic rings. The smallest absolute Gasteiger partial charge is 0.126 e. The second-order valence-electron chi connectivity index (χ2n) is 5.32. The maximum atomic E-state index is 11.3. The summed E-state index contributed by atoms with van der Waals surface area (Å²) in [4.78, 5) is 11.3. The van der Waals surface area contributed by atoms with Crippen LogP contribution >= 0.6 is 0 Å². The molecule has 82 valence electrons. The van der Waals surface area contributed by atoms with Crippen molar-refractivity contribution in [2.45, 2.75) is 59.3 Å². The SMILES string of the molecule is CCC(C)CC(C)(C=O)C1CCCC1. The quantitative estimate of drug-likeness (QED) is 0.611.